The van der Waals surface area contributed by atoms with Gasteiger partial charge in [-0.15, -0.1) is 11.3 Å². The Bertz CT molecular complexity index is 591. The van der Waals surface area contributed by atoms with Crippen molar-refractivity contribution in [3.63, 3.8) is 0 Å². The Kier molecular flexibility index (Phi) is 4.38. The normalized spacial score (nSPS) is 13.8. The van der Waals surface area contributed by atoms with E-state index in [9.17, 15) is 8.42 Å². The number of aromatic nitrogens is 1. The Labute approximate surface area is 116 Å². The van der Waals surface area contributed by atoms with E-state index in [0.29, 0.717) is 12.1 Å². The molecule has 0 spiro atoms. The first-order valence-corrected chi connectivity index (χ1v) is 8.35. The Balaban J connectivity index is 2.03. The van der Waals surface area contributed by atoms with Crippen LogP contribution in [-0.4, -0.2) is 31.0 Å². The molecule has 1 atom stereocenters. The minimum Gasteiger partial charge on any atom is -0.364 e. The van der Waals surface area contributed by atoms with Gasteiger partial charge in [-0.2, -0.15) is 0 Å². The second-order valence-electron chi connectivity index (χ2n) is 4.40. The summed E-state index contributed by atoms with van der Waals surface area (Å²) in [7, 11) is -1.77. The quantitative estimate of drug-likeness (QED) is 0.820. The molecule has 7 heteroatoms. The lowest BCUT2D eigenvalue weighted by molar-refractivity contribution is 0.384. The zero-order valence-electron chi connectivity index (χ0n) is 10.8. The van der Waals surface area contributed by atoms with E-state index in [-0.39, 0.29) is 11.8 Å². The summed E-state index contributed by atoms with van der Waals surface area (Å²) in [6, 6.07) is 5.46. The van der Waals surface area contributed by atoms with Crippen molar-refractivity contribution in [2.45, 2.75) is 25.1 Å². The van der Waals surface area contributed by atoms with Crippen LogP contribution in [0.2, 0.25) is 0 Å². The summed E-state index contributed by atoms with van der Waals surface area (Å²) in [5.41, 5.74) is 0.426. The predicted octanol–water partition coefficient (Wildman–Crippen LogP) is 2.13. The summed E-state index contributed by atoms with van der Waals surface area (Å²) in [5, 5.41) is 5.63. The van der Waals surface area contributed by atoms with Gasteiger partial charge >= 0.3 is 0 Å². The molecule has 2 rings (SSSR count). The molecule has 1 unspecified atom stereocenters. The van der Waals surface area contributed by atoms with Gasteiger partial charge in [0.05, 0.1) is 5.69 Å². The molecule has 0 aliphatic heterocycles. The van der Waals surface area contributed by atoms with Crippen LogP contribution in [0.15, 0.2) is 34.4 Å². The fourth-order valence-corrected chi connectivity index (χ4v) is 3.90. The third-order valence-corrected chi connectivity index (χ3v) is 5.75. The van der Waals surface area contributed by atoms with Gasteiger partial charge in [0.25, 0.3) is 0 Å². The van der Waals surface area contributed by atoms with Gasteiger partial charge in [-0.05, 0) is 24.8 Å². The van der Waals surface area contributed by atoms with Gasteiger partial charge in [-0.25, -0.2) is 12.7 Å². The minimum absolute atomic E-state index is 0.0875. The molecular formula is C12H16N2O3S2. The van der Waals surface area contributed by atoms with E-state index in [4.69, 9.17) is 0 Å². The maximum Gasteiger partial charge on any atom is 0.219 e. The second-order valence-corrected chi connectivity index (χ2v) is 7.46. The summed E-state index contributed by atoms with van der Waals surface area (Å²) < 4.78 is 30.5. The van der Waals surface area contributed by atoms with Crippen LogP contribution in [0.4, 0.5) is 0 Å². The standard InChI is InChI=1S/C12H16N2O3S2/c1-10(8-12-4-3-7-18-12)14(2)19(15,16)9-11-5-6-17-13-11/h3-7,10H,8-9H2,1-2H3. The van der Waals surface area contributed by atoms with Crippen molar-refractivity contribution in [1.29, 1.82) is 0 Å². The molecule has 0 aliphatic carbocycles. The van der Waals surface area contributed by atoms with Crippen molar-refractivity contribution in [1.82, 2.24) is 9.46 Å². The average molecular weight is 300 g/mol. The van der Waals surface area contributed by atoms with Crippen molar-refractivity contribution in [3.8, 4) is 0 Å². The minimum atomic E-state index is -3.37. The van der Waals surface area contributed by atoms with Gasteiger partial charge in [0.1, 0.15) is 12.0 Å². The lowest BCUT2D eigenvalue weighted by atomic mass is 10.2. The molecule has 0 N–H and O–H groups in total. The first-order chi connectivity index (χ1) is 8.99. The Hall–Kier alpha value is -1.18. The lowest BCUT2D eigenvalue weighted by Crippen LogP contribution is -2.37. The fraction of sp³-hybridized carbons (Fsp3) is 0.417. The van der Waals surface area contributed by atoms with Crippen molar-refractivity contribution in [3.05, 3.63) is 40.4 Å². The number of hydrogen-bond acceptors (Lipinski definition) is 5. The summed E-state index contributed by atoms with van der Waals surface area (Å²) in [4.78, 5) is 1.18. The van der Waals surface area contributed by atoms with Crippen LogP contribution in [-0.2, 0) is 22.2 Å². The van der Waals surface area contributed by atoms with E-state index in [1.807, 2.05) is 24.4 Å². The van der Waals surface area contributed by atoms with Gasteiger partial charge in [0.2, 0.25) is 10.0 Å². The highest BCUT2D eigenvalue weighted by molar-refractivity contribution is 7.88. The second kappa shape index (κ2) is 5.85. The third-order valence-electron chi connectivity index (χ3n) is 2.96. The number of thiophene rings is 1. The molecule has 2 aromatic heterocycles. The van der Waals surface area contributed by atoms with Crippen LogP contribution < -0.4 is 0 Å². The third kappa shape index (κ3) is 3.65. The number of hydrogen-bond donors (Lipinski definition) is 0. The molecule has 0 aliphatic rings. The van der Waals surface area contributed by atoms with Crippen LogP contribution >= 0.6 is 11.3 Å². The van der Waals surface area contributed by atoms with Gasteiger partial charge in [0.15, 0.2) is 0 Å². The van der Waals surface area contributed by atoms with Gasteiger partial charge in [-0.3, -0.25) is 0 Å². The number of nitrogens with zero attached hydrogens (tertiary/aromatic N) is 2. The molecule has 0 aromatic carbocycles. The number of sulfonamides is 1. The Morgan fingerprint density at radius 3 is 2.84 bits per heavy atom. The van der Waals surface area contributed by atoms with Crippen LogP contribution in [0, 0.1) is 0 Å². The van der Waals surface area contributed by atoms with E-state index in [0.717, 1.165) is 0 Å². The van der Waals surface area contributed by atoms with Crippen LogP contribution in [0.5, 0.6) is 0 Å². The van der Waals surface area contributed by atoms with E-state index < -0.39 is 10.0 Å². The maximum atomic E-state index is 12.2. The average Bonchev–Trinajstić information content (AvgIpc) is 3.00. The van der Waals surface area contributed by atoms with Gasteiger partial charge < -0.3 is 4.52 Å². The molecule has 0 amide bonds. The monoisotopic (exact) mass is 300 g/mol. The predicted molar refractivity (Wildman–Crippen MR) is 74.4 cm³/mol. The Morgan fingerprint density at radius 1 is 1.47 bits per heavy atom. The van der Waals surface area contributed by atoms with Crippen molar-refractivity contribution >= 4 is 21.4 Å². The molecule has 19 heavy (non-hydrogen) atoms. The molecule has 0 saturated heterocycles. The molecule has 104 valence electrons. The SMILES string of the molecule is CC(Cc1cccs1)N(C)S(=O)(=O)Cc1ccon1. The lowest BCUT2D eigenvalue weighted by Gasteiger charge is -2.23. The number of rotatable bonds is 6. The van der Waals surface area contributed by atoms with E-state index >= 15 is 0 Å². The largest absolute Gasteiger partial charge is 0.364 e. The molecule has 0 saturated carbocycles. The first kappa shape index (κ1) is 14.2. The van der Waals surface area contributed by atoms with Crippen LogP contribution in [0.25, 0.3) is 0 Å². The molecule has 0 fully saturated rings. The smallest absolute Gasteiger partial charge is 0.219 e. The fourth-order valence-electron chi connectivity index (χ4n) is 1.72. The zero-order valence-corrected chi connectivity index (χ0v) is 12.4. The highest BCUT2D eigenvalue weighted by atomic mass is 32.2. The number of likely N-dealkylation sites (N-methyl/N-ethyl adjacent to an activating group) is 1. The molecule has 2 aromatic rings. The van der Waals surface area contributed by atoms with E-state index in [2.05, 4.69) is 9.68 Å². The van der Waals surface area contributed by atoms with Crippen LogP contribution in [0.3, 0.4) is 0 Å². The van der Waals surface area contributed by atoms with Crippen molar-refractivity contribution < 1.29 is 12.9 Å². The summed E-state index contributed by atoms with van der Waals surface area (Å²) in [5.74, 6) is -0.130. The van der Waals surface area contributed by atoms with Crippen molar-refractivity contribution in [2.24, 2.45) is 0 Å². The molecule has 0 radical (unpaired) electrons. The molecule has 2 heterocycles. The van der Waals surface area contributed by atoms with Crippen molar-refractivity contribution in [2.75, 3.05) is 7.05 Å². The molecular weight excluding hydrogens is 284 g/mol. The van der Waals surface area contributed by atoms with E-state index in [1.54, 1.807) is 24.5 Å². The summed E-state index contributed by atoms with van der Waals surface area (Å²) in [6.45, 7) is 1.90. The first-order valence-electron chi connectivity index (χ1n) is 5.86. The summed E-state index contributed by atoms with van der Waals surface area (Å²) >= 11 is 1.64. The Morgan fingerprint density at radius 2 is 2.26 bits per heavy atom. The molecule has 5 nitrogen and oxygen atoms in total. The van der Waals surface area contributed by atoms with Gasteiger partial charge in [-0.1, -0.05) is 11.2 Å². The highest BCUT2D eigenvalue weighted by Gasteiger charge is 2.24. The molecule has 0 bridgehead atoms. The summed E-state index contributed by atoms with van der Waals surface area (Å²) in [6.07, 6.45) is 2.09. The topological polar surface area (TPSA) is 63.4 Å². The zero-order chi connectivity index (χ0) is 13.9. The van der Waals surface area contributed by atoms with Crippen LogP contribution in [0.1, 0.15) is 17.5 Å². The van der Waals surface area contributed by atoms with Gasteiger partial charge in [0, 0.05) is 24.0 Å². The maximum absolute atomic E-state index is 12.2. The van der Waals surface area contributed by atoms with E-state index in [1.165, 1.54) is 15.4 Å². The highest BCUT2D eigenvalue weighted by Crippen LogP contribution is 2.17.